The molecular formula is C19H22ClN3O2. The number of carbonyl (C=O) groups is 1. The predicted molar refractivity (Wildman–Crippen MR) is 96.4 cm³/mol. The Labute approximate surface area is 152 Å². The van der Waals surface area contributed by atoms with Gasteiger partial charge in [0.05, 0.1) is 11.2 Å². The number of aromatic nitrogens is 1. The Bertz CT molecular complexity index is 747. The third kappa shape index (κ3) is 3.44. The third-order valence-electron chi connectivity index (χ3n) is 5.19. The molecule has 0 spiro atoms. The van der Waals surface area contributed by atoms with Crippen LogP contribution in [0.15, 0.2) is 34.9 Å². The Balaban J connectivity index is 1.40. The van der Waals surface area contributed by atoms with E-state index in [4.69, 9.17) is 16.0 Å². The van der Waals surface area contributed by atoms with Crippen LogP contribution in [0.2, 0.25) is 5.02 Å². The van der Waals surface area contributed by atoms with Gasteiger partial charge in [-0.1, -0.05) is 23.7 Å². The number of hydrogen-bond acceptors (Lipinski definition) is 4. The van der Waals surface area contributed by atoms with Crippen molar-refractivity contribution in [1.82, 2.24) is 15.2 Å². The van der Waals surface area contributed by atoms with Crippen LogP contribution in [-0.2, 0) is 11.2 Å². The maximum absolute atomic E-state index is 12.7. The van der Waals surface area contributed by atoms with E-state index in [1.54, 1.807) is 6.20 Å². The Morgan fingerprint density at radius 1 is 1.28 bits per heavy atom. The minimum absolute atomic E-state index is 0.216. The molecule has 0 saturated carbocycles. The molecule has 2 aliphatic rings. The summed E-state index contributed by atoms with van der Waals surface area (Å²) >= 11 is 6.20. The molecule has 4 rings (SSSR count). The second kappa shape index (κ2) is 7.18. The SMILES string of the molecule is O=C(CCc1ncc(-c2ccccc2Cl)o1)N1C2CCNCC1CC2. The molecule has 1 amide bonds. The molecule has 132 valence electrons. The summed E-state index contributed by atoms with van der Waals surface area (Å²) in [4.78, 5) is 19.1. The highest BCUT2D eigenvalue weighted by atomic mass is 35.5. The van der Waals surface area contributed by atoms with Crippen LogP contribution in [0.25, 0.3) is 11.3 Å². The lowest BCUT2D eigenvalue weighted by Crippen LogP contribution is -2.42. The summed E-state index contributed by atoms with van der Waals surface area (Å²) in [5.41, 5.74) is 0.825. The predicted octanol–water partition coefficient (Wildman–Crippen LogP) is 3.28. The van der Waals surface area contributed by atoms with E-state index in [0.29, 0.717) is 41.6 Å². The zero-order chi connectivity index (χ0) is 17.2. The molecule has 2 aromatic rings. The topological polar surface area (TPSA) is 58.4 Å². The number of aryl methyl sites for hydroxylation is 1. The number of halogens is 1. The molecule has 2 unspecified atom stereocenters. The van der Waals surface area contributed by atoms with Gasteiger partial charge in [0.15, 0.2) is 11.7 Å². The molecular weight excluding hydrogens is 338 g/mol. The number of rotatable bonds is 4. The van der Waals surface area contributed by atoms with Gasteiger partial charge < -0.3 is 14.6 Å². The van der Waals surface area contributed by atoms with Crippen LogP contribution in [0.4, 0.5) is 0 Å². The molecule has 2 aliphatic heterocycles. The van der Waals surface area contributed by atoms with Gasteiger partial charge in [-0.25, -0.2) is 4.98 Å². The zero-order valence-electron chi connectivity index (χ0n) is 14.1. The lowest BCUT2D eigenvalue weighted by Gasteiger charge is -2.27. The van der Waals surface area contributed by atoms with Crippen molar-refractivity contribution in [1.29, 1.82) is 0 Å². The maximum atomic E-state index is 12.7. The van der Waals surface area contributed by atoms with Gasteiger partial charge in [0.2, 0.25) is 5.91 Å². The Hall–Kier alpha value is -1.85. The van der Waals surface area contributed by atoms with E-state index in [1.807, 2.05) is 24.3 Å². The van der Waals surface area contributed by atoms with E-state index in [-0.39, 0.29) is 5.91 Å². The average molecular weight is 360 g/mol. The fraction of sp³-hybridized carbons (Fsp3) is 0.474. The summed E-state index contributed by atoms with van der Waals surface area (Å²) in [7, 11) is 0. The lowest BCUT2D eigenvalue weighted by atomic mass is 10.1. The summed E-state index contributed by atoms with van der Waals surface area (Å²) < 4.78 is 5.80. The minimum Gasteiger partial charge on any atom is -0.441 e. The number of fused-ring (bicyclic) bond motifs is 2. The molecule has 2 bridgehead atoms. The van der Waals surface area contributed by atoms with Crippen molar-refractivity contribution in [2.45, 2.75) is 44.2 Å². The van der Waals surface area contributed by atoms with Crippen molar-refractivity contribution >= 4 is 17.5 Å². The van der Waals surface area contributed by atoms with Crippen LogP contribution >= 0.6 is 11.6 Å². The molecule has 2 saturated heterocycles. The van der Waals surface area contributed by atoms with Gasteiger partial charge in [0.1, 0.15) is 0 Å². The number of benzene rings is 1. The fourth-order valence-corrected chi connectivity index (χ4v) is 4.17. The van der Waals surface area contributed by atoms with E-state index in [9.17, 15) is 4.79 Å². The third-order valence-corrected chi connectivity index (χ3v) is 5.52. The first-order chi connectivity index (χ1) is 12.2. The smallest absolute Gasteiger partial charge is 0.223 e. The first-order valence-electron chi connectivity index (χ1n) is 8.94. The molecule has 25 heavy (non-hydrogen) atoms. The van der Waals surface area contributed by atoms with E-state index in [1.165, 1.54) is 0 Å². The van der Waals surface area contributed by atoms with Gasteiger partial charge >= 0.3 is 0 Å². The number of nitrogens with one attached hydrogen (secondary N) is 1. The summed E-state index contributed by atoms with van der Waals surface area (Å²) in [5.74, 6) is 1.45. The van der Waals surface area contributed by atoms with Crippen molar-refractivity contribution in [2.75, 3.05) is 13.1 Å². The van der Waals surface area contributed by atoms with Gasteiger partial charge in [-0.3, -0.25) is 4.79 Å². The van der Waals surface area contributed by atoms with Crippen molar-refractivity contribution in [3.05, 3.63) is 41.4 Å². The molecule has 3 heterocycles. The zero-order valence-corrected chi connectivity index (χ0v) is 14.8. The van der Waals surface area contributed by atoms with Gasteiger partial charge in [0.25, 0.3) is 0 Å². The highest BCUT2D eigenvalue weighted by Crippen LogP contribution is 2.30. The molecule has 0 aliphatic carbocycles. The van der Waals surface area contributed by atoms with Crippen molar-refractivity contribution in [3.8, 4) is 11.3 Å². The normalized spacial score (nSPS) is 22.8. The van der Waals surface area contributed by atoms with Gasteiger partial charge in [-0.2, -0.15) is 0 Å². The lowest BCUT2D eigenvalue weighted by molar-refractivity contribution is -0.133. The Kier molecular flexibility index (Phi) is 4.77. The van der Waals surface area contributed by atoms with Gasteiger partial charge in [0, 0.05) is 37.0 Å². The molecule has 5 nitrogen and oxygen atoms in total. The largest absolute Gasteiger partial charge is 0.441 e. The fourth-order valence-electron chi connectivity index (χ4n) is 3.94. The van der Waals surface area contributed by atoms with Crippen LogP contribution in [0, 0.1) is 0 Å². The molecule has 1 aromatic heterocycles. The number of amides is 1. The minimum atomic E-state index is 0.216. The van der Waals surface area contributed by atoms with Crippen LogP contribution in [0.1, 0.15) is 31.6 Å². The van der Waals surface area contributed by atoms with E-state index < -0.39 is 0 Å². The summed E-state index contributed by atoms with van der Waals surface area (Å²) in [5, 5.41) is 4.06. The second-order valence-corrected chi connectivity index (χ2v) is 7.18. The van der Waals surface area contributed by atoms with Crippen LogP contribution in [0.3, 0.4) is 0 Å². The van der Waals surface area contributed by atoms with Gasteiger partial charge in [-0.15, -0.1) is 0 Å². The molecule has 1 N–H and O–H groups in total. The highest BCUT2D eigenvalue weighted by molar-refractivity contribution is 6.33. The standard InChI is InChI=1S/C19H22ClN3O2/c20-16-4-2-1-3-15(16)17-12-22-18(25-17)7-8-19(24)23-13-5-6-14(23)11-21-10-9-13/h1-4,12-14,21H,5-11H2. The Morgan fingerprint density at radius 3 is 3.00 bits per heavy atom. The molecule has 2 atom stereocenters. The molecule has 2 fully saturated rings. The Morgan fingerprint density at radius 2 is 2.12 bits per heavy atom. The average Bonchev–Trinajstić information content (AvgIpc) is 3.16. The molecule has 6 heteroatoms. The second-order valence-electron chi connectivity index (χ2n) is 6.78. The molecule has 0 radical (unpaired) electrons. The first kappa shape index (κ1) is 16.6. The number of oxazole rings is 1. The maximum Gasteiger partial charge on any atom is 0.223 e. The highest BCUT2D eigenvalue weighted by Gasteiger charge is 2.37. The quantitative estimate of drug-likeness (QED) is 0.910. The van der Waals surface area contributed by atoms with E-state index >= 15 is 0 Å². The summed E-state index contributed by atoms with van der Waals surface area (Å²) in [6, 6.07) is 8.27. The summed E-state index contributed by atoms with van der Waals surface area (Å²) in [6.07, 6.45) is 5.94. The number of hydrogen-bond donors (Lipinski definition) is 1. The van der Waals surface area contributed by atoms with Crippen LogP contribution < -0.4 is 5.32 Å². The summed E-state index contributed by atoms with van der Waals surface area (Å²) in [6.45, 7) is 1.92. The number of nitrogens with zero attached hydrogens (tertiary/aromatic N) is 2. The molecule has 1 aromatic carbocycles. The van der Waals surface area contributed by atoms with Crippen molar-refractivity contribution in [2.24, 2.45) is 0 Å². The van der Waals surface area contributed by atoms with Crippen LogP contribution in [0.5, 0.6) is 0 Å². The van der Waals surface area contributed by atoms with E-state index in [2.05, 4.69) is 15.2 Å². The number of carbonyl (C=O) groups excluding carboxylic acids is 1. The van der Waals surface area contributed by atoms with E-state index in [0.717, 1.165) is 37.9 Å². The van der Waals surface area contributed by atoms with Crippen LogP contribution in [-0.4, -0.2) is 41.0 Å². The van der Waals surface area contributed by atoms with Crippen molar-refractivity contribution in [3.63, 3.8) is 0 Å². The first-order valence-corrected chi connectivity index (χ1v) is 9.31. The van der Waals surface area contributed by atoms with Gasteiger partial charge in [-0.05, 0) is 37.9 Å². The monoisotopic (exact) mass is 359 g/mol. The van der Waals surface area contributed by atoms with Crippen molar-refractivity contribution < 1.29 is 9.21 Å².